The van der Waals surface area contributed by atoms with Crippen LogP contribution in [0, 0.1) is 13.8 Å². The molecule has 5 aromatic rings. The SMILES string of the molecule is Cc1noc(C)c1COC(=O)C=Cc1cn(-c2ccccc2)nc1-c1cc2ccccc2o1. The van der Waals surface area contributed by atoms with Crippen molar-refractivity contribution < 1.29 is 18.5 Å². The Balaban J connectivity index is 1.45. The summed E-state index contributed by atoms with van der Waals surface area (Å²) in [6, 6.07) is 19.5. The summed E-state index contributed by atoms with van der Waals surface area (Å²) in [4.78, 5) is 12.4. The van der Waals surface area contributed by atoms with Crippen LogP contribution in [0.4, 0.5) is 0 Å². The van der Waals surface area contributed by atoms with Gasteiger partial charge in [0.25, 0.3) is 0 Å². The van der Waals surface area contributed by atoms with Gasteiger partial charge >= 0.3 is 5.97 Å². The summed E-state index contributed by atoms with van der Waals surface area (Å²) in [5.41, 5.74) is 4.51. The minimum absolute atomic E-state index is 0.101. The number of carbonyl (C=O) groups excluding carboxylic acids is 1. The maximum absolute atomic E-state index is 12.4. The normalized spacial score (nSPS) is 11.5. The van der Waals surface area contributed by atoms with Crippen molar-refractivity contribution >= 4 is 23.0 Å². The second-order valence-electron chi connectivity index (χ2n) is 7.61. The topological polar surface area (TPSA) is 83.3 Å². The molecule has 2 aromatic carbocycles. The Hall–Kier alpha value is -4.39. The van der Waals surface area contributed by atoms with Gasteiger partial charge in [-0.15, -0.1) is 0 Å². The number of hydrogen-bond donors (Lipinski definition) is 0. The van der Waals surface area contributed by atoms with E-state index >= 15 is 0 Å². The Kier molecular flexibility index (Phi) is 5.36. The van der Waals surface area contributed by atoms with Gasteiger partial charge < -0.3 is 13.7 Å². The third-order valence-corrected chi connectivity index (χ3v) is 5.36. The van der Waals surface area contributed by atoms with Gasteiger partial charge in [-0.2, -0.15) is 5.10 Å². The van der Waals surface area contributed by atoms with Gasteiger partial charge in [0.1, 0.15) is 23.6 Å². The Bertz CT molecular complexity index is 1410. The fourth-order valence-corrected chi connectivity index (χ4v) is 3.57. The van der Waals surface area contributed by atoms with Crippen LogP contribution in [-0.4, -0.2) is 20.9 Å². The molecule has 0 radical (unpaired) electrons. The van der Waals surface area contributed by atoms with Crippen LogP contribution in [0.3, 0.4) is 0 Å². The number of nitrogens with zero attached hydrogens (tertiary/aromatic N) is 3. The summed E-state index contributed by atoms with van der Waals surface area (Å²) in [7, 11) is 0. The lowest BCUT2D eigenvalue weighted by Gasteiger charge is -2.00. The molecule has 164 valence electrons. The summed E-state index contributed by atoms with van der Waals surface area (Å²) in [6.45, 7) is 3.70. The maximum atomic E-state index is 12.4. The summed E-state index contributed by atoms with van der Waals surface area (Å²) in [5, 5.41) is 9.59. The first kappa shape index (κ1) is 20.5. The zero-order valence-electron chi connectivity index (χ0n) is 18.2. The predicted molar refractivity (Wildman–Crippen MR) is 124 cm³/mol. The number of carbonyl (C=O) groups is 1. The summed E-state index contributed by atoms with van der Waals surface area (Å²) in [6.07, 6.45) is 4.93. The first-order chi connectivity index (χ1) is 16.1. The average molecular weight is 439 g/mol. The average Bonchev–Trinajstić information content (AvgIpc) is 3.53. The molecule has 3 aromatic heterocycles. The number of aromatic nitrogens is 3. The van der Waals surface area contributed by atoms with Crippen molar-refractivity contribution in [1.82, 2.24) is 14.9 Å². The van der Waals surface area contributed by atoms with E-state index in [4.69, 9.17) is 18.8 Å². The summed E-state index contributed by atoms with van der Waals surface area (Å²) in [5.74, 6) is 0.785. The maximum Gasteiger partial charge on any atom is 0.331 e. The van der Waals surface area contributed by atoms with Crippen molar-refractivity contribution in [2.45, 2.75) is 20.5 Å². The van der Waals surface area contributed by atoms with Crippen LogP contribution in [0.25, 0.3) is 34.2 Å². The molecule has 33 heavy (non-hydrogen) atoms. The van der Waals surface area contributed by atoms with Crippen LogP contribution in [0.1, 0.15) is 22.6 Å². The molecule has 0 unspecified atom stereocenters. The van der Waals surface area contributed by atoms with Gasteiger partial charge in [-0.1, -0.05) is 41.6 Å². The fourth-order valence-electron chi connectivity index (χ4n) is 3.57. The number of benzene rings is 2. The molecular weight excluding hydrogens is 418 g/mol. The Morgan fingerprint density at radius 3 is 2.64 bits per heavy atom. The van der Waals surface area contributed by atoms with E-state index in [2.05, 4.69) is 5.16 Å². The molecule has 0 spiro atoms. The minimum Gasteiger partial charge on any atom is -0.457 e. The van der Waals surface area contributed by atoms with Gasteiger partial charge in [-0.05, 0) is 44.2 Å². The zero-order valence-corrected chi connectivity index (χ0v) is 18.2. The Morgan fingerprint density at radius 2 is 1.88 bits per heavy atom. The lowest BCUT2D eigenvalue weighted by Crippen LogP contribution is -2.02. The Morgan fingerprint density at radius 1 is 1.09 bits per heavy atom. The van der Waals surface area contributed by atoms with Crippen molar-refractivity contribution in [2.24, 2.45) is 0 Å². The van der Waals surface area contributed by atoms with Gasteiger partial charge in [0.2, 0.25) is 0 Å². The zero-order chi connectivity index (χ0) is 22.8. The highest BCUT2D eigenvalue weighted by molar-refractivity contribution is 5.89. The van der Waals surface area contributed by atoms with E-state index in [1.807, 2.05) is 73.8 Å². The summed E-state index contributed by atoms with van der Waals surface area (Å²) >= 11 is 0. The number of fused-ring (bicyclic) bond motifs is 1. The highest BCUT2D eigenvalue weighted by Crippen LogP contribution is 2.30. The number of rotatable bonds is 6. The van der Waals surface area contributed by atoms with E-state index in [9.17, 15) is 4.79 Å². The number of furan rings is 1. The third-order valence-electron chi connectivity index (χ3n) is 5.36. The molecule has 0 amide bonds. The molecule has 0 atom stereocenters. The van der Waals surface area contributed by atoms with Crippen LogP contribution in [-0.2, 0) is 16.1 Å². The number of esters is 1. The Labute approximate surface area is 189 Å². The van der Waals surface area contributed by atoms with E-state index in [-0.39, 0.29) is 6.61 Å². The lowest BCUT2D eigenvalue weighted by molar-refractivity contribution is -0.138. The monoisotopic (exact) mass is 439 g/mol. The third kappa shape index (κ3) is 4.21. The molecule has 0 saturated heterocycles. The van der Waals surface area contributed by atoms with Crippen LogP contribution >= 0.6 is 0 Å². The molecule has 0 aliphatic carbocycles. The van der Waals surface area contributed by atoms with Crippen molar-refractivity contribution in [3.05, 3.63) is 95.5 Å². The van der Waals surface area contributed by atoms with E-state index in [0.717, 1.165) is 27.8 Å². The molecule has 7 heteroatoms. The number of ether oxygens (including phenoxy) is 1. The molecule has 0 bridgehead atoms. The van der Waals surface area contributed by atoms with Gasteiger partial charge in [-0.25, -0.2) is 9.48 Å². The van der Waals surface area contributed by atoms with Crippen LogP contribution in [0.15, 0.2) is 81.9 Å². The van der Waals surface area contributed by atoms with Crippen LogP contribution < -0.4 is 0 Å². The van der Waals surface area contributed by atoms with E-state index < -0.39 is 5.97 Å². The smallest absolute Gasteiger partial charge is 0.331 e. The second kappa shape index (κ2) is 8.63. The standard InChI is InChI=1S/C26H21N3O4/c1-17-22(18(2)33-28-17)16-31-25(30)13-12-20-15-29(21-9-4-3-5-10-21)27-26(20)24-14-19-8-6-7-11-23(19)32-24/h3-15H,16H2,1-2H3. The van der Waals surface area contributed by atoms with Gasteiger partial charge in [0.15, 0.2) is 5.76 Å². The quantitative estimate of drug-likeness (QED) is 0.251. The van der Waals surface area contributed by atoms with Crippen molar-refractivity contribution in [3.63, 3.8) is 0 Å². The second-order valence-corrected chi connectivity index (χ2v) is 7.61. The van der Waals surface area contributed by atoms with Gasteiger partial charge in [0.05, 0.1) is 16.9 Å². The molecule has 5 rings (SSSR count). The van der Waals surface area contributed by atoms with Crippen LogP contribution in [0.5, 0.6) is 0 Å². The van der Waals surface area contributed by atoms with E-state index in [1.165, 1.54) is 6.08 Å². The van der Waals surface area contributed by atoms with Crippen molar-refractivity contribution in [3.8, 4) is 17.1 Å². The summed E-state index contributed by atoms with van der Waals surface area (Å²) < 4.78 is 18.3. The highest BCUT2D eigenvalue weighted by Gasteiger charge is 2.16. The van der Waals surface area contributed by atoms with E-state index in [1.54, 1.807) is 17.7 Å². The van der Waals surface area contributed by atoms with Gasteiger partial charge in [0, 0.05) is 23.2 Å². The molecule has 7 nitrogen and oxygen atoms in total. The largest absolute Gasteiger partial charge is 0.457 e. The van der Waals surface area contributed by atoms with Crippen LogP contribution in [0.2, 0.25) is 0 Å². The minimum atomic E-state index is -0.474. The number of para-hydroxylation sites is 2. The molecule has 0 N–H and O–H groups in total. The molecule has 0 fully saturated rings. The number of hydrogen-bond acceptors (Lipinski definition) is 6. The number of aryl methyl sites for hydroxylation is 2. The van der Waals surface area contributed by atoms with E-state index in [0.29, 0.717) is 22.9 Å². The molecule has 3 heterocycles. The molecular formula is C26H21N3O4. The molecule has 0 aliphatic heterocycles. The predicted octanol–water partition coefficient (Wildman–Crippen LogP) is 5.65. The molecule has 0 saturated carbocycles. The first-order valence-electron chi connectivity index (χ1n) is 10.5. The van der Waals surface area contributed by atoms with Crippen molar-refractivity contribution in [1.29, 1.82) is 0 Å². The first-order valence-corrected chi connectivity index (χ1v) is 10.5. The fraction of sp³-hybridized carbons (Fsp3) is 0.115. The van der Waals surface area contributed by atoms with Crippen molar-refractivity contribution in [2.75, 3.05) is 0 Å². The highest BCUT2D eigenvalue weighted by atomic mass is 16.5. The lowest BCUT2D eigenvalue weighted by atomic mass is 10.2. The van der Waals surface area contributed by atoms with Gasteiger partial charge in [-0.3, -0.25) is 0 Å². The molecule has 0 aliphatic rings.